The highest BCUT2D eigenvalue weighted by Crippen LogP contribution is 2.21. The summed E-state index contributed by atoms with van der Waals surface area (Å²) in [5.74, 6) is -0.143. The summed E-state index contributed by atoms with van der Waals surface area (Å²) in [5, 5.41) is 13.3. The van der Waals surface area contributed by atoms with Crippen molar-refractivity contribution in [3.63, 3.8) is 0 Å². The van der Waals surface area contributed by atoms with Gasteiger partial charge in [-0.1, -0.05) is 24.3 Å². The topological polar surface area (TPSA) is 70.7 Å². The second-order valence-electron chi connectivity index (χ2n) is 4.94. The highest BCUT2D eigenvalue weighted by atomic mass is 16.2. The number of amides is 1. The number of aryl methyl sites for hydroxylation is 2. The third-order valence-electron chi connectivity index (χ3n) is 3.62. The summed E-state index contributed by atoms with van der Waals surface area (Å²) in [7, 11) is 0. The molecular formula is C14H16N4O. The lowest BCUT2D eigenvalue weighted by Gasteiger charge is -2.25. The van der Waals surface area contributed by atoms with E-state index in [0.717, 1.165) is 19.3 Å². The van der Waals surface area contributed by atoms with Gasteiger partial charge in [0.15, 0.2) is 5.69 Å². The minimum absolute atomic E-state index is 0.143. The number of fused-ring (bicyclic) bond motifs is 1. The van der Waals surface area contributed by atoms with Gasteiger partial charge in [-0.2, -0.15) is 15.4 Å². The Balaban J connectivity index is 1.70. The predicted molar refractivity (Wildman–Crippen MR) is 70.8 cm³/mol. The number of H-pyrrole nitrogens is 1. The maximum absolute atomic E-state index is 12.1. The smallest absolute Gasteiger partial charge is 0.273 e. The maximum atomic E-state index is 12.1. The van der Waals surface area contributed by atoms with E-state index in [0.29, 0.717) is 11.4 Å². The van der Waals surface area contributed by atoms with Gasteiger partial charge in [0, 0.05) is 6.04 Å². The van der Waals surface area contributed by atoms with Crippen molar-refractivity contribution in [1.29, 1.82) is 0 Å². The van der Waals surface area contributed by atoms with Crippen LogP contribution in [0.25, 0.3) is 0 Å². The van der Waals surface area contributed by atoms with Gasteiger partial charge in [0.05, 0.1) is 5.69 Å². The zero-order chi connectivity index (χ0) is 13.2. The lowest BCUT2D eigenvalue weighted by molar-refractivity contribution is 0.0928. The first-order chi connectivity index (χ1) is 9.24. The van der Waals surface area contributed by atoms with Gasteiger partial charge in [-0.15, -0.1) is 0 Å². The van der Waals surface area contributed by atoms with Gasteiger partial charge in [0.2, 0.25) is 0 Å². The summed E-state index contributed by atoms with van der Waals surface area (Å²) >= 11 is 0. The van der Waals surface area contributed by atoms with Crippen molar-refractivity contribution in [3.8, 4) is 0 Å². The predicted octanol–water partition coefficient (Wildman–Crippen LogP) is 1.40. The molecule has 1 aliphatic rings. The Kier molecular flexibility index (Phi) is 3.03. The van der Waals surface area contributed by atoms with E-state index in [-0.39, 0.29) is 11.9 Å². The third-order valence-corrected chi connectivity index (χ3v) is 3.62. The van der Waals surface area contributed by atoms with Crippen LogP contribution in [0.2, 0.25) is 0 Å². The van der Waals surface area contributed by atoms with Crippen LogP contribution in [0, 0.1) is 6.92 Å². The van der Waals surface area contributed by atoms with Gasteiger partial charge in [-0.05, 0) is 37.3 Å². The molecule has 0 radical (unpaired) electrons. The molecule has 19 heavy (non-hydrogen) atoms. The first-order valence-electron chi connectivity index (χ1n) is 6.49. The number of nitrogens with one attached hydrogen (secondary N) is 2. The number of benzene rings is 1. The third kappa shape index (κ3) is 2.36. The van der Waals surface area contributed by atoms with Crippen LogP contribution in [-0.4, -0.2) is 27.4 Å². The van der Waals surface area contributed by atoms with Crippen molar-refractivity contribution in [2.75, 3.05) is 0 Å². The molecule has 2 aromatic rings. The summed E-state index contributed by atoms with van der Waals surface area (Å²) in [4.78, 5) is 12.1. The van der Waals surface area contributed by atoms with E-state index in [1.165, 1.54) is 11.1 Å². The summed E-state index contributed by atoms with van der Waals surface area (Å²) in [6.07, 6.45) is 2.87. The fraction of sp³-hybridized carbons (Fsp3) is 0.357. The minimum atomic E-state index is -0.143. The monoisotopic (exact) mass is 256 g/mol. The quantitative estimate of drug-likeness (QED) is 0.853. The van der Waals surface area contributed by atoms with Crippen LogP contribution < -0.4 is 5.32 Å². The molecule has 1 aliphatic carbocycles. The minimum Gasteiger partial charge on any atom is -0.348 e. The molecule has 0 saturated carbocycles. The Hall–Kier alpha value is -2.17. The molecule has 0 saturated heterocycles. The van der Waals surface area contributed by atoms with E-state index in [1.54, 1.807) is 6.92 Å². The molecule has 1 heterocycles. The van der Waals surface area contributed by atoms with Crippen LogP contribution in [0.4, 0.5) is 0 Å². The van der Waals surface area contributed by atoms with Crippen LogP contribution in [0.3, 0.4) is 0 Å². The molecule has 0 aliphatic heterocycles. The van der Waals surface area contributed by atoms with Gasteiger partial charge in [0.25, 0.3) is 5.91 Å². The van der Waals surface area contributed by atoms with Crippen molar-refractivity contribution in [2.24, 2.45) is 0 Å². The number of hydrogen-bond acceptors (Lipinski definition) is 3. The summed E-state index contributed by atoms with van der Waals surface area (Å²) in [6.45, 7) is 1.77. The molecule has 5 heteroatoms. The first-order valence-corrected chi connectivity index (χ1v) is 6.49. The lowest BCUT2D eigenvalue weighted by Crippen LogP contribution is -2.39. The molecule has 1 aromatic carbocycles. The average Bonchev–Trinajstić information content (AvgIpc) is 2.85. The number of nitrogens with zero attached hydrogens (tertiary/aromatic N) is 2. The number of carbonyl (C=O) groups excluding carboxylic acids is 1. The molecule has 5 nitrogen and oxygen atoms in total. The van der Waals surface area contributed by atoms with Crippen LogP contribution in [-0.2, 0) is 12.8 Å². The molecule has 0 bridgehead atoms. The Morgan fingerprint density at radius 2 is 2.11 bits per heavy atom. The van der Waals surface area contributed by atoms with Crippen molar-refractivity contribution < 1.29 is 4.79 Å². The van der Waals surface area contributed by atoms with E-state index in [1.807, 2.05) is 6.07 Å². The van der Waals surface area contributed by atoms with E-state index in [9.17, 15) is 4.79 Å². The molecule has 3 rings (SSSR count). The molecule has 0 fully saturated rings. The summed E-state index contributed by atoms with van der Waals surface area (Å²) in [5.41, 5.74) is 3.74. The lowest BCUT2D eigenvalue weighted by atomic mass is 9.88. The van der Waals surface area contributed by atoms with Gasteiger partial charge in [0.1, 0.15) is 0 Å². The molecular weight excluding hydrogens is 240 g/mol. The van der Waals surface area contributed by atoms with Crippen molar-refractivity contribution >= 4 is 5.91 Å². The number of carbonyl (C=O) groups is 1. The molecule has 98 valence electrons. The van der Waals surface area contributed by atoms with Gasteiger partial charge < -0.3 is 5.32 Å². The number of aromatic nitrogens is 3. The Morgan fingerprint density at radius 1 is 1.32 bits per heavy atom. The highest BCUT2D eigenvalue weighted by molar-refractivity contribution is 5.93. The van der Waals surface area contributed by atoms with Gasteiger partial charge in [-0.3, -0.25) is 4.79 Å². The van der Waals surface area contributed by atoms with E-state index < -0.39 is 0 Å². The molecule has 2 N–H and O–H groups in total. The molecule has 1 aromatic heterocycles. The Morgan fingerprint density at radius 3 is 2.84 bits per heavy atom. The average molecular weight is 256 g/mol. The normalized spacial score (nSPS) is 17.8. The molecule has 1 atom stereocenters. The van der Waals surface area contributed by atoms with Crippen LogP contribution in [0.1, 0.15) is 33.7 Å². The van der Waals surface area contributed by atoms with Crippen LogP contribution in [0.15, 0.2) is 24.3 Å². The molecule has 1 amide bonds. The second kappa shape index (κ2) is 4.84. The second-order valence-corrected chi connectivity index (χ2v) is 4.94. The molecule has 0 spiro atoms. The SMILES string of the molecule is Cc1n[nH]nc1C(=O)N[C@@H]1CCc2ccccc2C1. The standard InChI is InChI=1S/C14H16N4O/c1-9-13(17-18-16-9)14(19)15-12-7-6-10-4-2-3-5-11(10)8-12/h2-5,12H,6-8H2,1H3,(H,15,19)(H,16,17,18)/t12-/m1/s1. The fourth-order valence-corrected chi connectivity index (χ4v) is 2.57. The highest BCUT2D eigenvalue weighted by Gasteiger charge is 2.22. The first kappa shape index (κ1) is 11.9. The van der Waals surface area contributed by atoms with Crippen molar-refractivity contribution in [3.05, 3.63) is 46.8 Å². The van der Waals surface area contributed by atoms with E-state index in [2.05, 4.69) is 38.9 Å². The Labute approximate surface area is 111 Å². The summed E-state index contributed by atoms with van der Waals surface area (Å²) in [6, 6.07) is 8.59. The van der Waals surface area contributed by atoms with Crippen molar-refractivity contribution in [2.45, 2.75) is 32.2 Å². The maximum Gasteiger partial charge on any atom is 0.273 e. The summed E-state index contributed by atoms with van der Waals surface area (Å²) < 4.78 is 0. The number of aromatic amines is 1. The van der Waals surface area contributed by atoms with E-state index in [4.69, 9.17) is 0 Å². The Bertz CT molecular complexity index is 605. The van der Waals surface area contributed by atoms with Crippen LogP contribution >= 0.6 is 0 Å². The zero-order valence-electron chi connectivity index (χ0n) is 10.8. The largest absolute Gasteiger partial charge is 0.348 e. The number of hydrogen-bond donors (Lipinski definition) is 2. The van der Waals surface area contributed by atoms with Gasteiger partial charge in [-0.25, -0.2) is 0 Å². The van der Waals surface area contributed by atoms with Crippen molar-refractivity contribution in [1.82, 2.24) is 20.7 Å². The van der Waals surface area contributed by atoms with Gasteiger partial charge >= 0.3 is 0 Å². The van der Waals surface area contributed by atoms with E-state index >= 15 is 0 Å². The number of rotatable bonds is 2. The zero-order valence-corrected chi connectivity index (χ0v) is 10.8. The fourth-order valence-electron chi connectivity index (χ4n) is 2.57. The molecule has 0 unspecified atom stereocenters. The van der Waals surface area contributed by atoms with Crippen LogP contribution in [0.5, 0.6) is 0 Å².